The maximum Gasteiger partial charge on any atom is 0.206 e. The van der Waals surface area contributed by atoms with Crippen LogP contribution in [0.15, 0.2) is 57.8 Å². The Kier molecular flexibility index (Phi) is 4.82. The number of hydrogen-bond donors (Lipinski definition) is 0. The average Bonchev–Trinajstić information content (AvgIpc) is 3.23. The van der Waals surface area contributed by atoms with Crippen LogP contribution in [0.4, 0.5) is 0 Å². The van der Waals surface area contributed by atoms with E-state index in [9.17, 15) is 0 Å². The van der Waals surface area contributed by atoms with E-state index in [1.807, 2.05) is 10.9 Å². The highest BCUT2D eigenvalue weighted by Gasteiger charge is 2.08. The molecule has 22 heavy (non-hydrogen) atoms. The van der Waals surface area contributed by atoms with Gasteiger partial charge in [-0.15, -0.1) is 40.6 Å². The molecule has 3 heterocycles. The summed E-state index contributed by atoms with van der Waals surface area (Å²) >= 11 is 5.04. The highest BCUT2D eigenvalue weighted by atomic mass is 32.1. The van der Waals surface area contributed by atoms with Crippen molar-refractivity contribution in [3.8, 4) is 10.6 Å². The second kappa shape index (κ2) is 7.00. The molecule has 3 aromatic rings. The molecule has 3 aromatic heterocycles. The van der Waals surface area contributed by atoms with Gasteiger partial charge in [0.25, 0.3) is 0 Å². The molecule has 0 aliphatic carbocycles. The Morgan fingerprint density at radius 1 is 1.27 bits per heavy atom. The Labute approximate surface area is 141 Å². The molecular formula is C16H15N3S3. The topological polar surface area (TPSA) is 29.6 Å². The van der Waals surface area contributed by atoms with Gasteiger partial charge in [-0.1, -0.05) is 12.1 Å². The van der Waals surface area contributed by atoms with Gasteiger partial charge >= 0.3 is 0 Å². The number of rotatable bonds is 5. The zero-order valence-electron chi connectivity index (χ0n) is 12.1. The van der Waals surface area contributed by atoms with Crippen LogP contribution in [-0.2, 0) is 0 Å². The Bertz CT molecular complexity index is 847. The number of thiophene rings is 2. The van der Waals surface area contributed by atoms with E-state index in [0.29, 0.717) is 6.54 Å². The fourth-order valence-corrected chi connectivity index (χ4v) is 4.28. The molecule has 0 spiro atoms. The van der Waals surface area contributed by atoms with Gasteiger partial charge in [-0.2, -0.15) is 5.10 Å². The fraction of sp³-hybridized carbons (Fsp3) is 0.125. The largest absolute Gasteiger partial charge is 0.253 e. The van der Waals surface area contributed by atoms with Gasteiger partial charge < -0.3 is 0 Å². The summed E-state index contributed by atoms with van der Waals surface area (Å²) in [6, 6.07) is 8.34. The van der Waals surface area contributed by atoms with Crippen molar-refractivity contribution < 1.29 is 0 Å². The Hall–Kier alpha value is -1.76. The summed E-state index contributed by atoms with van der Waals surface area (Å²) in [5, 5.41) is 8.83. The molecule has 3 rings (SSSR count). The lowest BCUT2D eigenvalue weighted by molar-refractivity contribution is 0.842. The predicted molar refractivity (Wildman–Crippen MR) is 98.3 cm³/mol. The number of aryl methyl sites for hydroxylation is 1. The molecule has 0 bridgehead atoms. The van der Waals surface area contributed by atoms with Crippen LogP contribution >= 0.6 is 34.0 Å². The van der Waals surface area contributed by atoms with Crippen LogP contribution in [0.2, 0.25) is 0 Å². The van der Waals surface area contributed by atoms with E-state index in [0.717, 1.165) is 15.4 Å². The van der Waals surface area contributed by atoms with E-state index in [4.69, 9.17) is 0 Å². The highest BCUT2D eigenvalue weighted by Crippen LogP contribution is 2.25. The molecule has 0 aliphatic heterocycles. The first-order valence-electron chi connectivity index (χ1n) is 6.74. The smallest absolute Gasteiger partial charge is 0.206 e. The van der Waals surface area contributed by atoms with Crippen LogP contribution in [0.1, 0.15) is 9.75 Å². The zero-order valence-corrected chi connectivity index (χ0v) is 14.5. The van der Waals surface area contributed by atoms with Gasteiger partial charge in [0, 0.05) is 15.1 Å². The van der Waals surface area contributed by atoms with Crippen molar-refractivity contribution in [3.63, 3.8) is 0 Å². The van der Waals surface area contributed by atoms with Crippen molar-refractivity contribution in [2.45, 2.75) is 6.92 Å². The molecule has 0 unspecified atom stereocenters. The molecule has 0 aliphatic rings. The van der Waals surface area contributed by atoms with Gasteiger partial charge in [0.2, 0.25) is 4.80 Å². The van der Waals surface area contributed by atoms with Crippen molar-refractivity contribution >= 4 is 40.2 Å². The molecule has 3 nitrogen and oxygen atoms in total. The molecule has 0 aromatic carbocycles. The summed E-state index contributed by atoms with van der Waals surface area (Å²) in [7, 11) is 0. The van der Waals surface area contributed by atoms with Crippen molar-refractivity contribution in [1.29, 1.82) is 0 Å². The molecule has 0 saturated heterocycles. The van der Waals surface area contributed by atoms with Crippen molar-refractivity contribution in [2.24, 2.45) is 10.1 Å². The van der Waals surface area contributed by atoms with E-state index < -0.39 is 0 Å². The molecule has 6 heteroatoms. The lowest BCUT2D eigenvalue weighted by atomic mass is 10.4. The standard InChI is InChI=1S/C16H15N3S3/c1-3-8-17-16-19(18-10-13-7-6-12(2)22-13)14(11-21-16)15-5-4-9-20-15/h3-7,9-11H,1,8H2,2H3. The summed E-state index contributed by atoms with van der Waals surface area (Å²) in [6.45, 7) is 6.42. The number of hydrogen-bond acceptors (Lipinski definition) is 5. The Morgan fingerprint density at radius 2 is 2.18 bits per heavy atom. The quantitative estimate of drug-likeness (QED) is 0.477. The first kappa shape index (κ1) is 15.1. The average molecular weight is 346 g/mol. The molecule has 0 atom stereocenters. The van der Waals surface area contributed by atoms with Gasteiger partial charge in [-0.25, -0.2) is 4.68 Å². The SMILES string of the molecule is C=CCN=c1scc(-c2cccs2)n1N=Cc1ccc(C)s1. The van der Waals surface area contributed by atoms with Crippen LogP contribution < -0.4 is 4.80 Å². The van der Waals surface area contributed by atoms with Crippen LogP contribution in [0.25, 0.3) is 10.6 Å². The second-order valence-electron chi connectivity index (χ2n) is 4.51. The van der Waals surface area contributed by atoms with Gasteiger partial charge in [0.15, 0.2) is 0 Å². The second-order valence-corrected chi connectivity index (χ2v) is 7.62. The van der Waals surface area contributed by atoms with Crippen LogP contribution in [0.5, 0.6) is 0 Å². The minimum Gasteiger partial charge on any atom is -0.253 e. The van der Waals surface area contributed by atoms with Crippen LogP contribution in [0.3, 0.4) is 0 Å². The van der Waals surface area contributed by atoms with Gasteiger partial charge in [0.1, 0.15) is 0 Å². The molecule has 0 radical (unpaired) electrons. The van der Waals surface area contributed by atoms with E-state index in [1.54, 1.807) is 40.1 Å². The lowest BCUT2D eigenvalue weighted by Gasteiger charge is -2.00. The van der Waals surface area contributed by atoms with E-state index in [-0.39, 0.29) is 0 Å². The van der Waals surface area contributed by atoms with Gasteiger partial charge in [-0.3, -0.25) is 4.99 Å². The van der Waals surface area contributed by atoms with E-state index in [2.05, 4.69) is 58.6 Å². The molecule has 0 amide bonds. The number of nitrogens with zero attached hydrogens (tertiary/aromatic N) is 3. The van der Waals surface area contributed by atoms with E-state index in [1.165, 1.54) is 9.75 Å². The normalized spacial score (nSPS) is 12.3. The Balaban J connectivity index is 2.04. The first-order valence-corrected chi connectivity index (χ1v) is 9.32. The van der Waals surface area contributed by atoms with Crippen molar-refractivity contribution in [2.75, 3.05) is 6.54 Å². The van der Waals surface area contributed by atoms with Crippen LogP contribution in [-0.4, -0.2) is 17.4 Å². The zero-order chi connectivity index (χ0) is 15.4. The summed E-state index contributed by atoms with van der Waals surface area (Å²) in [5.41, 5.74) is 1.08. The Morgan fingerprint density at radius 3 is 2.86 bits per heavy atom. The fourth-order valence-electron chi connectivity index (χ4n) is 1.89. The van der Waals surface area contributed by atoms with Gasteiger partial charge in [0.05, 0.1) is 23.3 Å². The first-order chi connectivity index (χ1) is 10.8. The third-order valence-electron chi connectivity index (χ3n) is 2.88. The minimum absolute atomic E-state index is 0.595. The summed E-state index contributed by atoms with van der Waals surface area (Å²) in [5.74, 6) is 0. The molecule has 0 fully saturated rings. The minimum atomic E-state index is 0.595. The lowest BCUT2D eigenvalue weighted by Crippen LogP contribution is -2.12. The summed E-state index contributed by atoms with van der Waals surface area (Å²) in [4.78, 5) is 9.03. The van der Waals surface area contributed by atoms with E-state index >= 15 is 0 Å². The highest BCUT2D eigenvalue weighted by molar-refractivity contribution is 7.14. The monoisotopic (exact) mass is 345 g/mol. The number of aromatic nitrogens is 1. The van der Waals surface area contributed by atoms with Crippen molar-refractivity contribution in [1.82, 2.24) is 4.68 Å². The molecule has 0 saturated carbocycles. The number of thiazole rings is 1. The third kappa shape index (κ3) is 3.35. The summed E-state index contributed by atoms with van der Waals surface area (Å²) in [6.07, 6.45) is 3.69. The third-order valence-corrected chi connectivity index (χ3v) is 5.56. The van der Waals surface area contributed by atoms with Gasteiger partial charge in [-0.05, 0) is 30.5 Å². The van der Waals surface area contributed by atoms with Crippen molar-refractivity contribution in [3.05, 3.63) is 62.2 Å². The summed E-state index contributed by atoms with van der Waals surface area (Å²) < 4.78 is 1.91. The molecule has 0 N–H and O–H groups in total. The maximum atomic E-state index is 4.65. The molecule has 112 valence electrons. The van der Waals surface area contributed by atoms with Crippen LogP contribution in [0, 0.1) is 6.92 Å². The molecular weight excluding hydrogens is 330 g/mol. The predicted octanol–water partition coefficient (Wildman–Crippen LogP) is 4.62. The maximum absolute atomic E-state index is 4.65.